The van der Waals surface area contributed by atoms with E-state index < -0.39 is 19.8 Å². The molecule has 18 heavy (non-hydrogen) atoms. The molecule has 0 N–H and O–H groups in total. The van der Waals surface area contributed by atoms with E-state index >= 15 is 0 Å². The molecule has 0 saturated carbocycles. The number of hydrogen-bond donors (Lipinski definition) is 0. The maximum atomic E-state index is 11.9. The topological polar surface area (TPSA) is 35.5 Å². The Bertz CT molecular complexity index is 429. The average molecular weight is 355 g/mol. The van der Waals surface area contributed by atoms with Gasteiger partial charge < -0.3 is 0 Å². The molecule has 3 nitrogen and oxygen atoms in total. The van der Waals surface area contributed by atoms with Crippen LogP contribution in [0, 0.1) is 0 Å². The predicted molar refractivity (Wildman–Crippen MR) is 74.7 cm³/mol. The molecule has 0 aliphatic carbocycles. The summed E-state index contributed by atoms with van der Waals surface area (Å²) in [6.45, 7) is 1.19. The number of hydrogen-bond acceptors (Lipinski definition) is 3. The van der Waals surface area contributed by atoms with Crippen LogP contribution in [0.2, 0.25) is 14.3 Å². The van der Waals surface area contributed by atoms with Gasteiger partial charge in [0.15, 0.2) is 0 Å². The SMILES string of the molecule is [CH3][SnH]([CH3])[CH2]CCOc1cccc2c1C(=O)CCO2. The van der Waals surface area contributed by atoms with Crippen molar-refractivity contribution in [3.8, 4) is 11.5 Å². The molecule has 0 unspecified atom stereocenters. The van der Waals surface area contributed by atoms with E-state index in [9.17, 15) is 4.79 Å². The number of ketones is 1. The molecule has 1 heterocycles. The Morgan fingerprint density at radius 3 is 3.00 bits per heavy atom. The number of fused-ring (bicyclic) bond motifs is 1. The van der Waals surface area contributed by atoms with Crippen LogP contribution in [0.4, 0.5) is 0 Å². The van der Waals surface area contributed by atoms with E-state index in [1.165, 1.54) is 4.44 Å². The minimum atomic E-state index is -1.11. The van der Waals surface area contributed by atoms with E-state index in [-0.39, 0.29) is 5.78 Å². The molecule has 1 aromatic carbocycles. The molecule has 1 aromatic rings. The van der Waals surface area contributed by atoms with Crippen molar-refractivity contribution in [3.05, 3.63) is 23.8 Å². The van der Waals surface area contributed by atoms with Crippen molar-refractivity contribution < 1.29 is 14.3 Å². The van der Waals surface area contributed by atoms with Crippen LogP contribution in [0.1, 0.15) is 23.2 Å². The average Bonchev–Trinajstić information content (AvgIpc) is 2.34. The van der Waals surface area contributed by atoms with Crippen molar-refractivity contribution in [1.29, 1.82) is 0 Å². The monoisotopic (exact) mass is 356 g/mol. The summed E-state index contributed by atoms with van der Waals surface area (Å²) >= 11 is -1.11. The van der Waals surface area contributed by atoms with Gasteiger partial charge >= 0.3 is 115 Å². The Hall–Kier alpha value is -0.711. The van der Waals surface area contributed by atoms with Gasteiger partial charge in [-0.25, -0.2) is 0 Å². The van der Waals surface area contributed by atoms with Gasteiger partial charge in [0.25, 0.3) is 0 Å². The summed E-state index contributed by atoms with van der Waals surface area (Å²) < 4.78 is 12.6. The zero-order valence-corrected chi connectivity index (χ0v) is 14.4. The molecule has 0 spiro atoms. The van der Waals surface area contributed by atoms with E-state index in [4.69, 9.17) is 9.47 Å². The first kappa shape index (κ1) is 13.7. The zero-order chi connectivity index (χ0) is 13.0. The molecule has 0 fully saturated rings. The summed E-state index contributed by atoms with van der Waals surface area (Å²) in [5, 5.41) is 0. The molecular weight excluding hydrogens is 335 g/mol. The second-order valence-corrected chi connectivity index (χ2v) is 14.6. The molecule has 0 aromatic heterocycles. The second-order valence-electron chi connectivity index (χ2n) is 5.04. The Morgan fingerprint density at radius 1 is 1.39 bits per heavy atom. The molecule has 0 bridgehead atoms. The summed E-state index contributed by atoms with van der Waals surface area (Å²) in [6.07, 6.45) is 1.56. The molecule has 1 aliphatic rings. The van der Waals surface area contributed by atoms with Gasteiger partial charge in [-0.3, -0.25) is 0 Å². The Kier molecular flexibility index (Phi) is 4.92. The number of rotatable bonds is 5. The van der Waals surface area contributed by atoms with Crippen LogP contribution in [0.5, 0.6) is 11.5 Å². The van der Waals surface area contributed by atoms with Crippen molar-refractivity contribution in [2.45, 2.75) is 27.2 Å². The quantitative estimate of drug-likeness (QED) is 0.602. The molecule has 1 aliphatic heterocycles. The normalized spacial score (nSPS) is 14.3. The summed E-state index contributed by atoms with van der Waals surface area (Å²) in [5.74, 6) is 1.50. The van der Waals surface area contributed by atoms with E-state index in [0.29, 0.717) is 36.7 Å². The third-order valence-corrected chi connectivity index (χ3v) is 7.50. The van der Waals surface area contributed by atoms with Crippen LogP contribution >= 0.6 is 0 Å². The van der Waals surface area contributed by atoms with Gasteiger partial charge in [0.05, 0.1) is 0 Å². The van der Waals surface area contributed by atoms with E-state index in [1.54, 1.807) is 0 Å². The van der Waals surface area contributed by atoms with Crippen LogP contribution < -0.4 is 9.47 Å². The van der Waals surface area contributed by atoms with Gasteiger partial charge in [-0.2, -0.15) is 0 Å². The van der Waals surface area contributed by atoms with Crippen LogP contribution in [0.15, 0.2) is 18.2 Å². The number of ether oxygens (including phenoxy) is 2. The van der Waals surface area contributed by atoms with Crippen molar-refractivity contribution in [2.75, 3.05) is 13.2 Å². The minimum absolute atomic E-state index is 0.134. The number of carbonyl (C=O) groups excluding carboxylic acids is 1. The molecule has 4 heteroatoms. The fourth-order valence-electron chi connectivity index (χ4n) is 2.08. The summed E-state index contributed by atoms with van der Waals surface area (Å²) in [5.41, 5.74) is 0.636. The molecule has 0 saturated heterocycles. The van der Waals surface area contributed by atoms with Crippen LogP contribution in [-0.4, -0.2) is 38.8 Å². The van der Waals surface area contributed by atoms with Gasteiger partial charge in [0.1, 0.15) is 0 Å². The van der Waals surface area contributed by atoms with E-state index in [0.717, 1.165) is 6.42 Å². The van der Waals surface area contributed by atoms with Crippen molar-refractivity contribution in [1.82, 2.24) is 0 Å². The fourth-order valence-corrected chi connectivity index (χ4v) is 4.88. The summed E-state index contributed by atoms with van der Waals surface area (Å²) in [4.78, 5) is 16.7. The zero-order valence-electron chi connectivity index (χ0n) is 11.1. The molecular formula is C14H20O3Sn. The first-order valence-corrected chi connectivity index (χ1v) is 15.5. The molecule has 0 amide bonds. The van der Waals surface area contributed by atoms with Gasteiger partial charge in [-0.15, -0.1) is 0 Å². The van der Waals surface area contributed by atoms with E-state index in [2.05, 4.69) is 9.88 Å². The molecule has 0 radical (unpaired) electrons. The van der Waals surface area contributed by atoms with Gasteiger partial charge in [-0.1, -0.05) is 0 Å². The molecule has 2 rings (SSSR count). The van der Waals surface area contributed by atoms with Crippen LogP contribution in [0.3, 0.4) is 0 Å². The van der Waals surface area contributed by atoms with Crippen molar-refractivity contribution in [3.63, 3.8) is 0 Å². The summed E-state index contributed by atoms with van der Waals surface area (Å²) in [6, 6.07) is 5.59. The first-order valence-electron chi connectivity index (χ1n) is 6.60. The first-order chi connectivity index (χ1) is 8.68. The fraction of sp³-hybridized carbons (Fsp3) is 0.500. The maximum absolute atomic E-state index is 11.9. The van der Waals surface area contributed by atoms with Crippen molar-refractivity contribution in [2.24, 2.45) is 0 Å². The molecule has 0 atom stereocenters. The standard InChI is InChI=1S/C12H13O3.2CH3.Sn.H/c1-2-7-14-10-4-3-5-11-12(10)9(13)6-8-15-11;;;;/h3-5H,1-2,6-8H2;2*1H3;;. The van der Waals surface area contributed by atoms with Crippen LogP contribution in [-0.2, 0) is 0 Å². The van der Waals surface area contributed by atoms with Gasteiger partial charge in [0, 0.05) is 0 Å². The van der Waals surface area contributed by atoms with Gasteiger partial charge in [0.2, 0.25) is 0 Å². The third kappa shape index (κ3) is 3.40. The predicted octanol–water partition coefficient (Wildman–Crippen LogP) is 2.91. The van der Waals surface area contributed by atoms with Gasteiger partial charge in [-0.05, 0) is 0 Å². The summed E-state index contributed by atoms with van der Waals surface area (Å²) in [7, 11) is 0. The Balaban J connectivity index is 2.02. The van der Waals surface area contributed by atoms with E-state index in [1.807, 2.05) is 18.2 Å². The van der Waals surface area contributed by atoms with Crippen LogP contribution in [0.25, 0.3) is 0 Å². The molecule has 98 valence electrons. The Morgan fingerprint density at radius 2 is 2.22 bits per heavy atom. The number of Topliss-reactive ketones (excluding diaryl/α,β-unsaturated/α-hetero) is 1. The Labute approximate surface area is 115 Å². The van der Waals surface area contributed by atoms with Crippen molar-refractivity contribution >= 4 is 25.5 Å². The third-order valence-electron chi connectivity index (χ3n) is 3.04. The number of benzene rings is 1. The number of carbonyl (C=O) groups is 1. The second kappa shape index (κ2) is 6.45.